The van der Waals surface area contributed by atoms with Gasteiger partial charge >= 0.3 is 10.1 Å². The van der Waals surface area contributed by atoms with Crippen LogP contribution in [0, 0.1) is 16.0 Å². The summed E-state index contributed by atoms with van der Waals surface area (Å²) in [6, 6.07) is 27.0. The predicted molar refractivity (Wildman–Crippen MR) is 146 cm³/mol. The van der Waals surface area contributed by atoms with E-state index in [4.69, 9.17) is 9.02 Å². The van der Waals surface area contributed by atoms with Crippen molar-refractivity contribution in [3.05, 3.63) is 125 Å². The van der Waals surface area contributed by atoms with Crippen molar-refractivity contribution in [3.8, 4) is 5.75 Å². The minimum Gasteiger partial charge on any atom is -0.379 e. The number of imide groups is 1. The van der Waals surface area contributed by atoms with Crippen LogP contribution >= 0.6 is 0 Å². The number of non-ortho nitro benzene ring substituents is 1. The van der Waals surface area contributed by atoms with Gasteiger partial charge in [-0.3, -0.25) is 24.5 Å². The van der Waals surface area contributed by atoms with E-state index >= 15 is 0 Å². The highest BCUT2D eigenvalue weighted by Gasteiger charge is 2.60. The van der Waals surface area contributed by atoms with E-state index < -0.39 is 44.9 Å². The summed E-state index contributed by atoms with van der Waals surface area (Å²) in [6.45, 7) is 0. The number of fused-ring (bicyclic) bond motifs is 1. The molecule has 6 rings (SSSR count). The first kappa shape index (κ1) is 26.2. The summed E-state index contributed by atoms with van der Waals surface area (Å²) >= 11 is 0. The Kier molecular flexibility index (Phi) is 6.48. The molecule has 4 aromatic carbocycles. The predicted octanol–water partition coefficient (Wildman–Crippen LogP) is 4.41. The van der Waals surface area contributed by atoms with Crippen molar-refractivity contribution in [2.45, 2.75) is 17.0 Å². The largest absolute Gasteiger partial charge is 0.379 e. The first-order chi connectivity index (χ1) is 19.7. The lowest BCUT2D eigenvalue weighted by Crippen LogP contribution is -2.37. The molecular formula is C29H21N3O8S. The Morgan fingerprint density at radius 1 is 0.780 bits per heavy atom. The third-order valence-electron chi connectivity index (χ3n) is 6.88. The number of hydrogen-bond donors (Lipinski definition) is 0. The molecule has 2 heterocycles. The number of para-hydroxylation sites is 1. The fourth-order valence-corrected chi connectivity index (χ4v) is 5.99. The second kappa shape index (κ2) is 10.2. The van der Waals surface area contributed by atoms with Gasteiger partial charge in [0.1, 0.15) is 16.6 Å². The topological polar surface area (TPSA) is 136 Å². The lowest BCUT2D eigenvalue weighted by molar-refractivity contribution is -0.384. The van der Waals surface area contributed by atoms with Crippen molar-refractivity contribution in [2.24, 2.45) is 5.92 Å². The fraction of sp³-hybridized carbons (Fsp3) is 0.103. The van der Waals surface area contributed by atoms with Gasteiger partial charge in [0, 0.05) is 12.1 Å². The van der Waals surface area contributed by atoms with Crippen LogP contribution in [0.15, 0.2) is 114 Å². The lowest BCUT2D eigenvalue weighted by Gasteiger charge is -2.28. The van der Waals surface area contributed by atoms with Crippen molar-refractivity contribution < 1.29 is 32.0 Å². The maximum atomic E-state index is 13.7. The summed E-state index contributed by atoms with van der Waals surface area (Å²) in [5.41, 5.74) is 0.985. The van der Waals surface area contributed by atoms with Crippen LogP contribution in [0.1, 0.15) is 11.6 Å². The van der Waals surface area contributed by atoms with Crippen molar-refractivity contribution >= 4 is 39.0 Å². The Morgan fingerprint density at radius 2 is 1.41 bits per heavy atom. The number of nitro groups is 1. The van der Waals surface area contributed by atoms with E-state index in [1.54, 1.807) is 66.7 Å². The highest BCUT2D eigenvalue weighted by molar-refractivity contribution is 7.87. The van der Waals surface area contributed by atoms with Gasteiger partial charge in [-0.05, 0) is 48.0 Å². The first-order valence-electron chi connectivity index (χ1n) is 12.5. The minimum absolute atomic E-state index is 0.0102. The summed E-state index contributed by atoms with van der Waals surface area (Å²) in [6.07, 6.45) is -1.18. The molecule has 0 aliphatic carbocycles. The molecular weight excluding hydrogens is 550 g/mol. The molecule has 2 fully saturated rings. The molecule has 2 amide bonds. The van der Waals surface area contributed by atoms with Crippen LogP contribution in [0.2, 0.25) is 0 Å². The number of carbonyl (C=O) groups is 2. The fourth-order valence-electron chi connectivity index (χ4n) is 5.03. The Hall–Kier alpha value is -5.07. The zero-order chi connectivity index (χ0) is 28.7. The highest BCUT2D eigenvalue weighted by atomic mass is 32.2. The summed E-state index contributed by atoms with van der Waals surface area (Å²) in [7, 11) is -4.08. The standard InChI is InChI=1S/C29H21N3O8S/c33-28-25-26(19-14-16-23(17-15-19)40-41(37,38)24-12-5-2-6-13-24)31(21-10-7-11-22(18-21)32(35)36)39-27(25)29(34)30(28)20-8-3-1-4-9-20/h1-18,25-27H/t25-,26-,27-/m1/s1. The maximum absolute atomic E-state index is 13.7. The molecule has 2 saturated heterocycles. The average Bonchev–Trinajstić information content (AvgIpc) is 3.49. The Balaban J connectivity index is 1.37. The summed E-state index contributed by atoms with van der Waals surface area (Å²) in [5, 5.41) is 12.8. The van der Waals surface area contributed by atoms with Crippen molar-refractivity contribution in [2.75, 3.05) is 9.96 Å². The van der Waals surface area contributed by atoms with Gasteiger partial charge in [-0.15, -0.1) is 0 Å². The van der Waals surface area contributed by atoms with E-state index in [0.717, 1.165) is 4.90 Å². The number of benzene rings is 4. The van der Waals surface area contributed by atoms with Crippen LogP contribution in [0.25, 0.3) is 0 Å². The molecule has 206 valence electrons. The van der Waals surface area contributed by atoms with Crippen LogP contribution in [-0.2, 0) is 24.5 Å². The molecule has 2 aliphatic heterocycles. The van der Waals surface area contributed by atoms with Crippen LogP contribution in [0.5, 0.6) is 5.75 Å². The van der Waals surface area contributed by atoms with E-state index in [-0.39, 0.29) is 22.0 Å². The summed E-state index contributed by atoms with van der Waals surface area (Å²) in [5.74, 6) is -1.99. The van der Waals surface area contributed by atoms with Crippen molar-refractivity contribution in [1.29, 1.82) is 0 Å². The van der Waals surface area contributed by atoms with Gasteiger partial charge in [0.05, 0.1) is 22.3 Å². The van der Waals surface area contributed by atoms with Gasteiger partial charge in [0.2, 0.25) is 5.91 Å². The zero-order valence-electron chi connectivity index (χ0n) is 21.1. The lowest BCUT2D eigenvalue weighted by atomic mass is 9.90. The van der Waals surface area contributed by atoms with Gasteiger partial charge in [0.25, 0.3) is 11.6 Å². The minimum atomic E-state index is -4.08. The number of rotatable bonds is 7. The van der Waals surface area contributed by atoms with Gasteiger partial charge in [0.15, 0.2) is 6.10 Å². The average molecular weight is 572 g/mol. The second-order valence-electron chi connectivity index (χ2n) is 9.37. The molecule has 0 N–H and O–H groups in total. The van der Waals surface area contributed by atoms with Crippen LogP contribution in [0.4, 0.5) is 17.1 Å². The SMILES string of the molecule is O=C1[C@@H]2[C@@H](c3ccc(OS(=O)(=O)c4ccccc4)cc3)N(c3cccc([N+](=O)[O-])c3)O[C@H]2C(=O)N1c1ccccc1. The molecule has 0 saturated carbocycles. The Labute approximate surface area is 234 Å². The van der Waals surface area contributed by atoms with Gasteiger partial charge in [-0.1, -0.05) is 54.6 Å². The summed E-state index contributed by atoms with van der Waals surface area (Å²) < 4.78 is 30.6. The first-order valence-corrected chi connectivity index (χ1v) is 13.9. The molecule has 0 aromatic heterocycles. The molecule has 2 aliphatic rings. The van der Waals surface area contributed by atoms with Crippen molar-refractivity contribution in [3.63, 3.8) is 0 Å². The van der Waals surface area contributed by atoms with Crippen LogP contribution < -0.4 is 14.1 Å². The Morgan fingerprint density at radius 3 is 2.07 bits per heavy atom. The number of anilines is 2. The molecule has 4 aromatic rings. The number of hydroxylamine groups is 1. The number of hydrogen-bond acceptors (Lipinski definition) is 9. The van der Waals surface area contributed by atoms with E-state index in [9.17, 15) is 28.1 Å². The smallest absolute Gasteiger partial charge is 0.339 e. The highest BCUT2D eigenvalue weighted by Crippen LogP contribution is 2.48. The molecule has 0 spiro atoms. The normalized spacial score (nSPS) is 20.2. The molecule has 12 heteroatoms. The van der Waals surface area contributed by atoms with E-state index in [0.29, 0.717) is 11.3 Å². The van der Waals surface area contributed by atoms with Crippen LogP contribution in [-0.4, -0.2) is 31.3 Å². The third-order valence-corrected chi connectivity index (χ3v) is 8.15. The number of carbonyl (C=O) groups excluding carboxylic acids is 2. The number of nitro benzene ring substituents is 1. The second-order valence-corrected chi connectivity index (χ2v) is 10.9. The van der Waals surface area contributed by atoms with Crippen molar-refractivity contribution in [1.82, 2.24) is 0 Å². The van der Waals surface area contributed by atoms with Gasteiger partial charge < -0.3 is 4.18 Å². The number of amides is 2. The van der Waals surface area contributed by atoms with Crippen LogP contribution in [0.3, 0.4) is 0 Å². The monoisotopic (exact) mass is 571 g/mol. The Bertz CT molecular complexity index is 1750. The molecule has 41 heavy (non-hydrogen) atoms. The van der Waals surface area contributed by atoms with Gasteiger partial charge in [-0.2, -0.15) is 8.42 Å². The molecule has 0 radical (unpaired) electrons. The molecule has 0 bridgehead atoms. The quantitative estimate of drug-likeness (QED) is 0.137. The van der Waals surface area contributed by atoms with E-state index in [1.807, 2.05) is 0 Å². The van der Waals surface area contributed by atoms with Gasteiger partial charge in [-0.25, -0.2) is 9.96 Å². The molecule has 3 atom stereocenters. The third kappa shape index (κ3) is 4.68. The molecule has 11 nitrogen and oxygen atoms in total. The maximum Gasteiger partial charge on any atom is 0.339 e. The summed E-state index contributed by atoms with van der Waals surface area (Å²) in [4.78, 5) is 45.2. The molecule has 0 unspecified atom stereocenters. The number of nitrogens with zero attached hydrogens (tertiary/aromatic N) is 3. The van der Waals surface area contributed by atoms with E-state index in [1.165, 1.54) is 47.5 Å². The zero-order valence-corrected chi connectivity index (χ0v) is 22.0. The van der Waals surface area contributed by atoms with E-state index in [2.05, 4.69) is 0 Å².